The zero-order chi connectivity index (χ0) is 14.7. The molecule has 6 heteroatoms. The summed E-state index contributed by atoms with van der Waals surface area (Å²) in [5.74, 6) is 0. The standard InChI is InChI=1S/C15H13N3OS2/c1-20-16-9-10-5-4-7-12(17-10)15-18-14(19)11-6-2-3-8-13(11)21-15/h2-8,16H,9H2,1H3. The summed E-state index contributed by atoms with van der Waals surface area (Å²) < 4.78 is 4.09. The van der Waals surface area contributed by atoms with Crippen LogP contribution in [0.2, 0.25) is 0 Å². The molecule has 0 unspecified atom stereocenters. The monoisotopic (exact) mass is 315 g/mol. The van der Waals surface area contributed by atoms with Crippen molar-refractivity contribution in [1.29, 1.82) is 0 Å². The molecule has 1 aromatic carbocycles. The molecule has 0 saturated heterocycles. The molecule has 0 atom stereocenters. The molecule has 1 N–H and O–H groups in total. The van der Waals surface area contributed by atoms with E-state index in [1.54, 1.807) is 18.0 Å². The molecule has 21 heavy (non-hydrogen) atoms. The number of pyridine rings is 1. The zero-order valence-corrected chi connectivity index (χ0v) is 13.0. The van der Waals surface area contributed by atoms with Gasteiger partial charge in [0, 0.05) is 11.2 Å². The van der Waals surface area contributed by atoms with Crippen molar-refractivity contribution in [2.45, 2.75) is 6.54 Å². The molecule has 0 fully saturated rings. The fourth-order valence-electron chi connectivity index (χ4n) is 1.96. The van der Waals surface area contributed by atoms with E-state index in [-0.39, 0.29) is 5.56 Å². The average Bonchev–Trinajstić information content (AvgIpc) is 2.53. The summed E-state index contributed by atoms with van der Waals surface area (Å²) in [5.41, 5.74) is 1.47. The highest BCUT2D eigenvalue weighted by Gasteiger charge is 2.08. The number of rotatable bonds is 4. The quantitative estimate of drug-likeness (QED) is 0.750. The van der Waals surface area contributed by atoms with E-state index in [1.165, 1.54) is 11.3 Å². The summed E-state index contributed by atoms with van der Waals surface area (Å²) in [4.78, 5) is 20.8. The predicted octanol–water partition coefficient (Wildman–Crippen LogP) is 3.09. The van der Waals surface area contributed by atoms with Crippen LogP contribution in [0.15, 0.2) is 47.3 Å². The van der Waals surface area contributed by atoms with Crippen LogP contribution in [0, 0.1) is 0 Å². The molecule has 0 amide bonds. The summed E-state index contributed by atoms with van der Waals surface area (Å²) in [7, 11) is 0. The lowest BCUT2D eigenvalue weighted by molar-refractivity contribution is 0.925. The second-order valence-electron chi connectivity index (χ2n) is 4.36. The maximum absolute atomic E-state index is 12.1. The van der Waals surface area contributed by atoms with Crippen LogP contribution in [0.5, 0.6) is 0 Å². The van der Waals surface area contributed by atoms with E-state index < -0.39 is 0 Å². The summed E-state index contributed by atoms with van der Waals surface area (Å²) in [6, 6.07) is 13.3. The Morgan fingerprint density at radius 3 is 2.86 bits per heavy atom. The van der Waals surface area contributed by atoms with Gasteiger partial charge in [0.25, 0.3) is 5.56 Å². The van der Waals surface area contributed by atoms with Crippen LogP contribution < -0.4 is 10.3 Å². The lowest BCUT2D eigenvalue weighted by Crippen LogP contribution is -2.07. The molecule has 4 nitrogen and oxygen atoms in total. The third-order valence-corrected chi connectivity index (χ3v) is 4.45. The molecule has 0 spiro atoms. The van der Waals surface area contributed by atoms with Crippen molar-refractivity contribution in [3.8, 4) is 10.7 Å². The molecule has 3 rings (SSSR count). The van der Waals surface area contributed by atoms with Crippen molar-refractivity contribution in [2.75, 3.05) is 6.26 Å². The van der Waals surface area contributed by atoms with Crippen LogP contribution in [-0.4, -0.2) is 16.2 Å². The molecule has 0 aliphatic rings. The van der Waals surface area contributed by atoms with Crippen molar-refractivity contribution in [3.63, 3.8) is 0 Å². The van der Waals surface area contributed by atoms with Crippen molar-refractivity contribution in [3.05, 3.63) is 58.5 Å². The smallest absolute Gasteiger partial charge is 0.267 e. The van der Waals surface area contributed by atoms with Crippen LogP contribution in [0.3, 0.4) is 0 Å². The maximum Gasteiger partial charge on any atom is 0.279 e. The number of hydrogen-bond donors (Lipinski definition) is 1. The molecule has 0 radical (unpaired) electrons. The van der Waals surface area contributed by atoms with Gasteiger partial charge in [-0.1, -0.05) is 30.1 Å². The van der Waals surface area contributed by atoms with E-state index in [2.05, 4.69) is 14.7 Å². The van der Waals surface area contributed by atoms with E-state index in [9.17, 15) is 4.79 Å². The molecular formula is C15H13N3OS2. The minimum absolute atomic E-state index is 0.200. The summed E-state index contributed by atoms with van der Waals surface area (Å²) in [6.07, 6.45) is 1.97. The van der Waals surface area contributed by atoms with Gasteiger partial charge in [-0.05, 0) is 30.5 Å². The van der Waals surface area contributed by atoms with Crippen LogP contribution >= 0.6 is 23.3 Å². The second kappa shape index (κ2) is 6.34. The fourth-order valence-corrected chi connectivity index (χ4v) is 3.22. The molecule has 3 aromatic rings. The van der Waals surface area contributed by atoms with Gasteiger partial charge >= 0.3 is 0 Å². The van der Waals surface area contributed by atoms with Crippen LogP contribution in [-0.2, 0) is 6.54 Å². The van der Waals surface area contributed by atoms with Crippen molar-refractivity contribution >= 4 is 33.4 Å². The first kappa shape index (κ1) is 14.2. The van der Waals surface area contributed by atoms with Gasteiger partial charge in [-0.15, -0.1) is 11.3 Å². The van der Waals surface area contributed by atoms with Gasteiger partial charge in [-0.2, -0.15) is 4.98 Å². The largest absolute Gasteiger partial charge is 0.279 e. The number of fused-ring (bicyclic) bond motifs is 1. The SMILES string of the molecule is CSNCc1cccc(-c2nc(=O)c3ccccc3s2)n1. The number of aromatic nitrogens is 2. The van der Waals surface area contributed by atoms with Gasteiger partial charge in [-0.3, -0.25) is 9.52 Å². The molecule has 2 heterocycles. The van der Waals surface area contributed by atoms with Crippen molar-refractivity contribution in [2.24, 2.45) is 0 Å². The maximum atomic E-state index is 12.1. The average molecular weight is 315 g/mol. The van der Waals surface area contributed by atoms with Crippen LogP contribution in [0.1, 0.15) is 5.69 Å². The highest BCUT2D eigenvalue weighted by Crippen LogP contribution is 2.24. The number of nitrogens with one attached hydrogen (secondary N) is 1. The van der Waals surface area contributed by atoms with E-state index in [0.717, 1.165) is 16.1 Å². The van der Waals surface area contributed by atoms with E-state index in [0.29, 0.717) is 16.9 Å². The van der Waals surface area contributed by atoms with E-state index in [4.69, 9.17) is 0 Å². The minimum atomic E-state index is -0.200. The fraction of sp³-hybridized carbons (Fsp3) is 0.133. The molecule has 0 bridgehead atoms. The lowest BCUT2D eigenvalue weighted by Gasteiger charge is -2.04. The first-order valence-electron chi connectivity index (χ1n) is 6.40. The van der Waals surface area contributed by atoms with Gasteiger partial charge in [0.2, 0.25) is 0 Å². The molecule has 0 saturated carbocycles. The van der Waals surface area contributed by atoms with Gasteiger partial charge in [0.1, 0.15) is 5.01 Å². The van der Waals surface area contributed by atoms with Gasteiger partial charge < -0.3 is 0 Å². The van der Waals surface area contributed by atoms with E-state index in [1.807, 2.05) is 42.7 Å². The Morgan fingerprint density at radius 2 is 2.00 bits per heavy atom. The predicted molar refractivity (Wildman–Crippen MR) is 89.5 cm³/mol. The first-order chi connectivity index (χ1) is 10.3. The summed E-state index contributed by atoms with van der Waals surface area (Å²) in [5, 5.41) is 1.32. The molecular weight excluding hydrogens is 302 g/mol. The van der Waals surface area contributed by atoms with E-state index >= 15 is 0 Å². The van der Waals surface area contributed by atoms with Crippen LogP contribution in [0.25, 0.3) is 20.8 Å². The second-order valence-corrected chi connectivity index (χ2v) is 6.09. The van der Waals surface area contributed by atoms with Gasteiger partial charge in [0.15, 0.2) is 0 Å². The molecule has 0 aliphatic carbocycles. The molecule has 2 aromatic heterocycles. The summed E-state index contributed by atoms with van der Waals surface area (Å²) >= 11 is 3.04. The highest BCUT2D eigenvalue weighted by molar-refractivity contribution is 7.96. The Kier molecular flexibility index (Phi) is 4.28. The number of benzene rings is 1. The summed E-state index contributed by atoms with van der Waals surface area (Å²) in [6.45, 7) is 0.678. The third-order valence-electron chi connectivity index (χ3n) is 2.95. The van der Waals surface area contributed by atoms with Crippen molar-refractivity contribution in [1.82, 2.24) is 14.7 Å². The Bertz CT molecular complexity index is 832. The lowest BCUT2D eigenvalue weighted by atomic mass is 10.3. The van der Waals surface area contributed by atoms with Crippen LogP contribution in [0.4, 0.5) is 0 Å². The first-order valence-corrected chi connectivity index (χ1v) is 8.44. The normalized spacial score (nSPS) is 10.9. The Labute approximate surface area is 130 Å². The topological polar surface area (TPSA) is 54.9 Å². The number of nitrogens with zero attached hydrogens (tertiary/aromatic N) is 2. The third kappa shape index (κ3) is 3.12. The zero-order valence-electron chi connectivity index (χ0n) is 11.4. The van der Waals surface area contributed by atoms with Gasteiger partial charge in [0.05, 0.1) is 16.8 Å². The highest BCUT2D eigenvalue weighted by atomic mass is 32.2. The Balaban J connectivity index is 2.06. The Hall–Kier alpha value is -1.76. The molecule has 0 aliphatic heterocycles. The number of hydrogen-bond acceptors (Lipinski definition) is 6. The molecule has 106 valence electrons. The Morgan fingerprint density at radius 1 is 1.14 bits per heavy atom. The van der Waals surface area contributed by atoms with Crippen molar-refractivity contribution < 1.29 is 0 Å². The van der Waals surface area contributed by atoms with Gasteiger partial charge in [-0.25, -0.2) is 4.98 Å². The minimum Gasteiger partial charge on any atom is -0.267 e.